The Hall–Kier alpha value is -3.04. The second-order valence-electron chi connectivity index (χ2n) is 6.87. The molecule has 31 heavy (non-hydrogen) atoms. The van der Waals surface area contributed by atoms with Gasteiger partial charge in [-0.3, -0.25) is 9.69 Å². The van der Waals surface area contributed by atoms with E-state index in [9.17, 15) is 19.5 Å². The Morgan fingerprint density at radius 2 is 1.94 bits per heavy atom. The molecule has 0 aliphatic carbocycles. The molecule has 9 heteroatoms. The molecule has 9 nitrogen and oxygen atoms in total. The third kappa shape index (κ3) is 8.69. The number of rotatable bonds is 6. The molecule has 2 atom stereocenters. The molecule has 1 aromatic carbocycles. The number of nitrogens with one attached hydrogen (secondary N) is 1. The van der Waals surface area contributed by atoms with Crippen molar-refractivity contribution in [3.63, 3.8) is 0 Å². The van der Waals surface area contributed by atoms with Gasteiger partial charge in [0.05, 0.1) is 29.8 Å². The average molecular weight is 434 g/mol. The molecule has 3 rings (SSSR count). The number of aromatic carboxylic acids is 1. The van der Waals surface area contributed by atoms with Crippen LogP contribution in [0.4, 0.5) is 0 Å². The van der Waals surface area contributed by atoms with Crippen molar-refractivity contribution in [3.8, 4) is 0 Å². The standard InChI is InChI=1S/C14H18N2O4.C6H7NO2.C2H6/c1-16-8-11(17)6-12(16)13(18)15-7-9-2-4-10(5-3-9)14(19)20;1-5-4-6(2-3-8)9-7-5;1-2/h2-5,11-12,17H,6-8H2,1H3,(H,15,18)(H,19,20);3-4H,2H2,1H3;1-2H3/t11-,12+;;/m1../s1. The first-order valence-electron chi connectivity index (χ1n) is 10.1. The zero-order chi connectivity index (χ0) is 23.4. The Morgan fingerprint density at radius 1 is 1.29 bits per heavy atom. The van der Waals surface area contributed by atoms with Gasteiger partial charge in [-0.2, -0.15) is 0 Å². The lowest BCUT2D eigenvalue weighted by Crippen LogP contribution is -2.41. The highest BCUT2D eigenvalue weighted by Crippen LogP contribution is 2.15. The number of carbonyl (C=O) groups is 3. The van der Waals surface area contributed by atoms with E-state index in [0.29, 0.717) is 31.7 Å². The lowest BCUT2D eigenvalue weighted by Gasteiger charge is -2.18. The molecular weight excluding hydrogens is 402 g/mol. The Bertz CT molecular complexity index is 834. The number of likely N-dealkylation sites (N-methyl/N-ethyl adjacent to an activating group) is 1. The Morgan fingerprint density at radius 3 is 2.39 bits per heavy atom. The van der Waals surface area contributed by atoms with Crippen molar-refractivity contribution in [2.45, 2.75) is 52.3 Å². The lowest BCUT2D eigenvalue weighted by atomic mass is 10.1. The number of amides is 1. The van der Waals surface area contributed by atoms with E-state index >= 15 is 0 Å². The van der Waals surface area contributed by atoms with E-state index in [2.05, 4.69) is 10.5 Å². The summed E-state index contributed by atoms with van der Waals surface area (Å²) in [5, 5.41) is 24.7. The maximum Gasteiger partial charge on any atom is 0.335 e. The second kappa shape index (κ2) is 13.3. The number of aryl methyl sites for hydroxylation is 1. The van der Waals surface area contributed by atoms with E-state index in [0.717, 1.165) is 17.5 Å². The predicted molar refractivity (Wildman–Crippen MR) is 115 cm³/mol. The van der Waals surface area contributed by atoms with Gasteiger partial charge in [-0.25, -0.2) is 4.79 Å². The monoisotopic (exact) mass is 433 g/mol. The fraction of sp³-hybridized carbons (Fsp3) is 0.455. The van der Waals surface area contributed by atoms with Crippen molar-refractivity contribution >= 4 is 18.2 Å². The van der Waals surface area contributed by atoms with Gasteiger partial charge in [0.1, 0.15) is 12.0 Å². The van der Waals surface area contributed by atoms with Crippen molar-refractivity contribution in [1.82, 2.24) is 15.4 Å². The number of aliphatic hydroxyl groups excluding tert-OH is 1. The summed E-state index contributed by atoms with van der Waals surface area (Å²) in [6.45, 7) is 6.67. The van der Waals surface area contributed by atoms with Crippen LogP contribution >= 0.6 is 0 Å². The Balaban J connectivity index is 0.000000365. The molecule has 1 fully saturated rings. The van der Waals surface area contributed by atoms with Crippen molar-refractivity contribution < 1.29 is 29.1 Å². The number of aldehydes is 1. The van der Waals surface area contributed by atoms with Crippen LogP contribution in [0.3, 0.4) is 0 Å². The lowest BCUT2D eigenvalue weighted by molar-refractivity contribution is -0.125. The van der Waals surface area contributed by atoms with Gasteiger partial charge in [-0.1, -0.05) is 31.1 Å². The smallest absolute Gasteiger partial charge is 0.335 e. The molecule has 170 valence electrons. The molecule has 0 bridgehead atoms. The third-order valence-corrected chi connectivity index (χ3v) is 4.46. The van der Waals surface area contributed by atoms with Crippen LogP contribution in [0.5, 0.6) is 0 Å². The number of hydrogen-bond acceptors (Lipinski definition) is 7. The number of carboxylic acids is 1. The highest BCUT2D eigenvalue weighted by atomic mass is 16.5. The van der Waals surface area contributed by atoms with Crippen molar-refractivity contribution in [3.05, 3.63) is 52.9 Å². The van der Waals surface area contributed by atoms with Crippen LogP contribution in [0, 0.1) is 6.92 Å². The molecule has 1 amide bonds. The molecule has 0 spiro atoms. The van der Waals surface area contributed by atoms with Crippen LogP contribution in [0.25, 0.3) is 0 Å². The van der Waals surface area contributed by atoms with Crippen LogP contribution in [0.1, 0.15) is 47.6 Å². The molecule has 1 aliphatic rings. The summed E-state index contributed by atoms with van der Waals surface area (Å²) >= 11 is 0. The zero-order valence-corrected chi connectivity index (χ0v) is 18.4. The first kappa shape index (κ1) is 26.0. The van der Waals surface area contributed by atoms with Crippen LogP contribution < -0.4 is 5.32 Å². The number of aromatic nitrogens is 1. The van der Waals surface area contributed by atoms with E-state index in [1.165, 1.54) is 12.1 Å². The number of β-amino-alcohol motifs (C(OH)–C–C–N with tert-alkyl or cyclic N) is 1. The summed E-state index contributed by atoms with van der Waals surface area (Å²) in [6.07, 6.45) is 1.10. The number of aliphatic hydroxyl groups is 1. The van der Waals surface area contributed by atoms with E-state index in [-0.39, 0.29) is 17.5 Å². The minimum Gasteiger partial charge on any atom is -0.478 e. The molecule has 2 heterocycles. The number of likely N-dealkylation sites (tertiary alicyclic amines) is 1. The summed E-state index contributed by atoms with van der Waals surface area (Å²) in [5.74, 6) is -0.462. The molecular formula is C22H31N3O6. The predicted octanol–water partition coefficient (Wildman–Crippen LogP) is 1.82. The zero-order valence-electron chi connectivity index (χ0n) is 18.4. The van der Waals surface area contributed by atoms with E-state index in [4.69, 9.17) is 9.63 Å². The highest BCUT2D eigenvalue weighted by molar-refractivity contribution is 5.87. The normalized spacial score (nSPS) is 17.6. The quantitative estimate of drug-likeness (QED) is 0.588. The van der Waals surface area contributed by atoms with Crippen molar-refractivity contribution in [2.75, 3.05) is 13.6 Å². The fourth-order valence-corrected chi connectivity index (χ4v) is 2.95. The minimum atomic E-state index is -0.970. The first-order chi connectivity index (χ1) is 14.8. The largest absolute Gasteiger partial charge is 0.478 e. The molecule has 0 radical (unpaired) electrons. The molecule has 0 saturated carbocycles. The van der Waals surface area contributed by atoms with Crippen LogP contribution in [0.15, 0.2) is 34.9 Å². The molecule has 1 aromatic heterocycles. The van der Waals surface area contributed by atoms with Gasteiger partial charge < -0.3 is 24.8 Å². The topological polar surface area (TPSA) is 133 Å². The van der Waals surface area contributed by atoms with E-state index < -0.39 is 12.1 Å². The van der Waals surface area contributed by atoms with Crippen LogP contribution in [0.2, 0.25) is 0 Å². The van der Waals surface area contributed by atoms with Crippen LogP contribution in [-0.4, -0.2) is 64.2 Å². The van der Waals surface area contributed by atoms with Crippen molar-refractivity contribution in [1.29, 1.82) is 0 Å². The van der Waals surface area contributed by atoms with Crippen LogP contribution in [-0.2, 0) is 22.6 Å². The SMILES string of the molecule is CC.CN1C[C@H](O)C[C@H]1C(=O)NCc1ccc(C(=O)O)cc1.Cc1cc(CC=O)on1. The number of carboxylic acid groups (broad SMARTS) is 1. The number of benzene rings is 1. The molecule has 2 aromatic rings. The summed E-state index contributed by atoms with van der Waals surface area (Å²) in [6, 6.07) is 7.82. The van der Waals surface area contributed by atoms with Gasteiger partial charge in [0.25, 0.3) is 0 Å². The molecule has 3 N–H and O–H groups in total. The van der Waals surface area contributed by atoms with Gasteiger partial charge in [-0.05, 0) is 38.1 Å². The number of nitrogens with zero attached hydrogens (tertiary/aromatic N) is 2. The van der Waals surface area contributed by atoms with Gasteiger partial charge in [0, 0.05) is 19.2 Å². The summed E-state index contributed by atoms with van der Waals surface area (Å²) in [4.78, 5) is 34.4. The second-order valence-corrected chi connectivity index (χ2v) is 6.87. The van der Waals surface area contributed by atoms with Gasteiger partial charge in [0.2, 0.25) is 5.91 Å². The third-order valence-electron chi connectivity index (χ3n) is 4.46. The molecule has 1 aliphatic heterocycles. The summed E-state index contributed by atoms with van der Waals surface area (Å²) < 4.78 is 4.72. The minimum absolute atomic E-state index is 0.119. The van der Waals surface area contributed by atoms with Gasteiger partial charge in [-0.15, -0.1) is 0 Å². The van der Waals surface area contributed by atoms with E-state index in [1.807, 2.05) is 32.7 Å². The fourth-order valence-electron chi connectivity index (χ4n) is 2.95. The Kier molecular flexibility index (Phi) is 11.2. The maximum atomic E-state index is 12.0. The molecule has 0 unspecified atom stereocenters. The summed E-state index contributed by atoms with van der Waals surface area (Å²) in [7, 11) is 1.81. The highest BCUT2D eigenvalue weighted by Gasteiger charge is 2.33. The first-order valence-corrected chi connectivity index (χ1v) is 10.1. The van der Waals surface area contributed by atoms with Gasteiger partial charge >= 0.3 is 5.97 Å². The van der Waals surface area contributed by atoms with Crippen molar-refractivity contribution in [2.24, 2.45) is 0 Å². The average Bonchev–Trinajstić information content (AvgIpc) is 3.32. The maximum absolute atomic E-state index is 12.0. The number of hydrogen-bond donors (Lipinski definition) is 3. The van der Waals surface area contributed by atoms with E-state index in [1.54, 1.807) is 18.2 Å². The Labute approximate surface area is 182 Å². The number of carbonyl (C=O) groups excluding carboxylic acids is 2. The molecule has 1 saturated heterocycles. The van der Waals surface area contributed by atoms with Gasteiger partial charge in [0.15, 0.2) is 0 Å². The summed E-state index contributed by atoms with van der Waals surface area (Å²) in [5.41, 5.74) is 1.87.